The van der Waals surface area contributed by atoms with E-state index in [-0.39, 0.29) is 5.91 Å². The van der Waals surface area contributed by atoms with Gasteiger partial charge in [-0.25, -0.2) is 8.42 Å². The first-order valence-electron chi connectivity index (χ1n) is 9.21. The van der Waals surface area contributed by atoms with E-state index in [0.717, 1.165) is 12.8 Å². The number of nitrogens with one attached hydrogen (secondary N) is 1. The Morgan fingerprint density at radius 2 is 1.78 bits per heavy atom. The Morgan fingerprint density at radius 1 is 1.04 bits per heavy atom. The minimum absolute atomic E-state index is 0.0410. The summed E-state index contributed by atoms with van der Waals surface area (Å²) in [4.78, 5) is 12.0. The van der Waals surface area contributed by atoms with Crippen LogP contribution in [0.2, 0.25) is 0 Å². The summed E-state index contributed by atoms with van der Waals surface area (Å²) in [7, 11) is -3.37. The molecule has 0 aromatic heterocycles. The van der Waals surface area contributed by atoms with Crippen molar-refractivity contribution in [3.63, 3.8) is 0 Å². The molecule has 0 heterocycles. The van der Waals surface area contributed by atoms with Crippen molar-refractivity contribution in [1.82, 2.24) is 5.32 Å². The van der Waals surface area contributed by atoms with Gasteiger partial charge in [-0.2, -0.15) is 0 Å². The highest BCUT2D eigenvalue weighted by atomic mass is 32.2. The van der Waals surface area contributed by atoms with Crippen molar-refractivity contribution in [3.8, 4) is 0 Å². The largest absolute Gasteiger partial charge is 0.356 e. The average Bonchev–Trinajstić information content (AvgIpc) is 2.62. The minimum atomic E-state index is -3.37. The summed E-state index contributed by atoms with van der Waals surface area (Å²) in [5.41, 5.74) is 3.14. The fraction of sp³-hybridized carbons (Fsp3) is 0.381. The maximum Gasteiger partial charge on any atom is 0.232 e. The zero-order valence-electron chi connectivity index (χ0n) is 16.0. The number of sulfonamides is 1. The lowest BCUT2D eigenvalue weighted by Crippen LogP contribution is -2.32. The summed E-state index contributed by atoms with van der Waals surface area (Å²) >= 11 is 0. The average molecular weight is 389 g/mol. The summed E-state index contributed by atoms with van der Waals surface area (Å²) in [6, 6.07) is 17.3. The normalized spacial score (nSPS) is 11.2. The molecule has 5 nitrogen and oxygen atoms in total. The monoisotopic (exact) mass is 388 g/mol. The van der Waals surface area contributed by atoms with Gasteiger partial charge in [0, 0.05) is 19.5 Å². The molecule has 1 N–H and O–H groups in total. The molecule has 2 aromatic carbocycles. The van der Waals surface area contributed by atoms with E-state index in [4.69, 9.17) is 0 Å². The van der Waals surface area contributed by atoms with Crippen molar-refractivity contribution >= 4 is 21.6 Å². The lowest BCUT2D eigenvalue weighted by Gasteiger charge is -2.22. The number of benzene rings is 2. The standard InChI is InChI=1S/C21H28N2O3S/c1-18-9-6-10-19(17-18)11-7-15-22-21(24)14-8-16-23(27(2,25)26)20-12-4-3-5-13-20/h3-6,9-10,12-13,17H,7-8,11,14-16H2,1-2H3,(H,22,24). The Hall–Kier alpha value is -2.34. The van der Waals surface area contributed by atoms with Crippen LogP contribution in [0.15, 0.2) is 54.6 Å². The van der Waals surface area contributed by atoms with E-state index in [1.807, 2.05) is 12.1 Å². The Morgan fingerprint density at radius 3 is 2.44 bits per heavy atom. The zero-order valence-corrected chi connectivity index (χ0v) is 16.8. The van der Waals surface area contributed by atoms with Gasteiger partial charge in [-0.05, 0) is 43.9 Å². The van der Waals surface area contributed by atoms with Crippen LogP contribution >= 0.6 is 0 Å². The number of nitrogens with zero attached hydrogens (tertiary/aromatic N) is 1. The third-order valence-electron chi connectivity index (χ3n) is 4.26. The van der Waals surface area contributed by atoms with Gasteiger partial charge >= 0.3 is 0 Å². The molecule has 0 atom stereocenters. The predicted octanol–water partition coefficient (Wildman–Crippen LogP) is 3.29. The highest BCUT2D eigenvalue weighted by Gasteiger charge is 2.17. The first-order valence-corrected chi connectivity index (χ1v) is 11.1. The van der Waals surface area contributed by atoms with E-state index < -0.39 is 10.0 Å². The summed E-state index contributed by atoms with van der Waals surface area (Å²) in [6.45, 7) is 2.99. The third kappa shape index (κ3) is 7.43. The SMILES string of the molecule is Cc1cccc(CCCNC(=O)CCCN(c2ccccc2)S(C)(=O)=O)c1. The molecular weight excluding hydrogens is 360 g/mol. The van der Waals surface area contributed by atoms with Crippen LogP contribution in [0.1, 0.15) is 30.4 Å². The summed E-state index contributed by atoms with van der Waals surface area (Å²) in [6.07, 6.45) is 3.78. The first-order chi connectivity index (χ1) is 12.9. The van der Waals surface area contributed by atoms with Gasteiger partial charge in [0.2, 0.25) is 15.9 Å². The van der Waals surface area contributed by atoms with E-state index in [9.17, 15) is 13.2 Å². The Balaban J connectivity index is 1.71. The number of hydrogen-bond acceptors (Lipinski definition) is 3. The van der Waals surface area contributed by atoms with Gasteiger partial charge in [0.25, 0.3) is 0 Å². The van der Waals surface area contributed by atoms with E-state index in [2.05, 4.69) is 30.4 Å². The molecule has 0 saturated heterocycles. The number of amides is 1. The van der Waals surface area contributed by atoms with Crippen LogP contribution in [0.25, 0.3) is 0 Å². The predicted molar refractivity (Wildman–Crippen MR) is 110 cm³/mol. The summed E-state index contributed by atoms with van der Waals surface area (Å²) < 4.78 is 25.4. The van der Waals surface area contributed by atoms with E-state index in [0.29, 0.717) is 31.6 Å². The molecule has 0 radical (unpaired) electrons. The van der Waals surface area contributed by atoms with E-state index >= 15 is 0 Å². The number of aryl methyl sites for hydroxylation is 2. The third-order valence-corrected chi connectivity index (χ3v) is 5.45. The number of para-hydroxylation sites is 1. The Kier molecular flexibility index (Phi) is 7.85. The quantitative estimate of drug-likeness (QED) is 0.635. The van der Waals surface area contributed by atoms with Gasteiger partial charge in [-0.1, -0.05) is 48.0 Å². The lowest BCUT2D eigenvalue weighted by molar-refractivity contribution is -0.121. The summed E-state index contributed by atoms with van der Waals surface area (Å²) in [5, 5.41) is 2.91. The van der Waals surface area contributed by atoms with Crippen LogP contribution in [-0.2, 0) is 21.2 Å². The van der Waals surface area contributed by atoms with Gasteiger partial charge in [0.05, 0.1) is 11.9 Å². The minimum Gasteiger partial charge on any atom is -0.356 e. The molecule has 0 aliphatic rings. The molecular formula is C21H28N2O3S. The van der Waals surface area contributed by atoms with Crippen LogP contribution < -0.4 is 9.62 Å². The number of carbonyl (C=O) groups is 1. The number of anilines is 1. The van der Waals surface area contributed by atoms with Gasteiger partial charge in [0.1, 0.15) is 0 Å². The molecule has 27 heavy (non-hydrogen) atoms. The van der Waals surface area contributed by atoms with Crippen molar-refractivity contribution in [3.05, 3.63) is 65.7 Å². The topological polar surface area (TPSA) is 66.5 Å². The molecule has 2 rings (SSSR count). The second-order valence-electron chi connectivity index (χ2n) is 6.72. The number of carbonyl (C=O) groups excluding carboxylic acids is 1. The highest BCUT2D eigenvalue weighted by molar-refractivity contribution is 7.92. The van der Waals surface area contributed by atoms with Crippen LogP contribution in [0, 0.1) is 6.92 Å². The van der Waals surface area contributed by atoms with E-state index in [1.165, 1.54) is 21.7 Å². The van der Waals surface area contributed by atoms with Crippen molar-refractivity contribution in [2.24, 2.45) is 0 Å². The molecule has 0 bridgehead atoms. The van der Waals surface area contributed by atoms with Crippen molar-refractivity contribution < 1.29 is 13.2 Å². The second-order valence-corrected chi connectivity index (χ2v) is 8.62. The molecule has 0 saturated carbocycles. The fourth-order valence-electron chi connectivity index (χ4n) is 2.94. The molecule has 0 aliphatic carbocycles. The molecule has 0 unspecified atom stereocenters. The second kappa shape index (κ2) is 10.1. The first kappa shape index (κ1) is 21.0. The molecule has 0 spiro atoms. The molecule has 146 valence electrons. The van der Waals surface area contributed by atoms with Crippen molar-refractivity contribution in [1.29, 1.82) is 0 Å². The maximum absolute atomic E-state index is 12.0. The molecule has 1 amide bonds. The van der Waals surface area contributed by atoms with E-state index in [1.54, 1.807) is 24.3 Å². The molecule has 6 heteroatoms. The van der Waals surface area contributed by atoms with Crippen molar-refractivity contribution in [2.75, 3.05) is 23.7 Å². The van der Waals surface area contributed by atoms with Gasteiger partial charge in [0.15, 0.2) is 0 Å². The van der Waals surface area contributed by atoms with Crippen LogP contribution in [0.5, 0.6) is 0 Å². The fourth-order valence-corrected chi connectivity index (χ4v) is 3.91. The molecule has 0 fully saturated rings. The van der Waals surface area contributed by atoms with Crippen LogP contribution in [0.3, 0.4) is 0 Å². The van der Waals surface area contributed by atoms with Gasteiger partial charge < -0.3 is 5.32 Å². The molecule has 0 aliphatic heterocycles. The smallest absolute Gasteiger partial charge is 0.232 e. The zero-order chi connectivity index (χ0) is 19.7. The lowest BCUT2D eigenvalue weighted by atomic mass is 10.1. The number of hydrogen-bond donors (Lipinski definition) is 1. The Labute approximate surface area is 162 Å². The van der Waals surface area contributed by atoms with Crippen molar-refractivity contribution in [2.45, 2.75) is 32.6 Å². The van der Waals surface area contributed by atoms with Gasteiger partial charge in [-0.15, -0.1) is 0 Å². The number of rotatable bonds is 10. The molecule has 2 aromatic rings. The highest BCUT2D eigenvalue weighted by Crippen LogP contribution is 2.17. The van der Waals surface area contributed by atoms with Crippen LogP contribution in [-0.4, -0.2) is 33.7 Å². The maximum atomic E-state index is 12.0. The van der Waals surface area contributed by atoms with Gasteiger partial charge in [-0.3, -0.25) is 9.10 Å². The summed E-state index contributed by atoms with van der Waals surface area (Å²) in [5.74, 6) is -0.0410. The Bertz CT molecular complexity index is 836. The van der Waals surface area contributed by atoms with Crippen LogP contribution in [0.4, 0.5) is 5.69 Å².